The molecule has 1 atom stereocenters. The minimum absolute atomic E-state index is 0.0429. The van der Waals surface area contributed by atoms with Gasteiger partial charge in [-0.3, -0.25) is 0 Å². The van der Waals surface area contributed by atoms with Crippen molar-refractivity contribution in [2.24, 2.45) is 0 Å². The molecule has 1 heterocycles. The zero-order chi connectivity index (χ0) is 11.4. The molecule has 0 saturated carbocycles. The zero-order valence-electron chi connectivity index (χ0n) is 8.56. The Hall–Kier alpha value is -0.840. The molecule has 84 valence electrons. The van der Waals surface area contributed by atoms with E-state index in [4.69, 9.17) is 0 Å². The van der Waals surface area contributed by atoms with Gasteiger partial charge in [0.05, 0.1) is 16.4 Å². The highest BCUT2D eigenvalue weighted by molar-refractivity contribution is 9.11. The van der Waals surface area contributed by atoms with E-state index in [0.717, 1.165) is 14.4 Å². The minimum Gasteiger partial charge on any atom is -0.394 e. The topological polar surface area (TPSA) is 32.3 Å². The van der Waals surface area contributed by atoms with E-state index >= 15 is 0 Å². The fraction of sp³-hybridized carbons (Fsp3) is 0.167. The smallest absolute Gasteiger partial charge is 0.0838 e. The zero-order valence-corrected chi connectivity index (χ0v) is 11.0. The first kappa shape index (κ1) is 11.6. The molecule has 0 spiro atoms. The number of aliphatic hydroxyl groups excluding tert-OH is 1. The number of aliphatic hydroxyl groups is 1. The summed E-state index contributed by atoms with van der Waals surface area (Å²) in [5, 5.41) is 12.7. The summed E-state index contributed by atoms with van der Waals surface area (Å²) < 4.78 is 1.08. The SMILES string of the molecule is OCC(Nc1ccccc1)c1ccc(Br)s1. The molecule has 2 rings (SSSR count). The first-order valence-corrected chi connectivity index (χ1v) is 6.58. The average molecular weight is 298 g/mol. The standard InChI is InChI=1S/C12H12BrNOS/c13-12-7-6-11(16-12)10(8-15)14-9-4-2-1-3-5-9/h1-7,10,14-15H,8H2. The van der Waals surface area contributed by atoms with Gasteiger partial charge in [-0.2, -0.15) is 0 Å². The fourth-order valence-electron chi connectivity index (χ4n) is 1.46. The van der Waals surface area contributed by atoms with Gasteiger partial charge in [0.1, 0.15) is 0 Å². The molecule has 0 aliphatic heterocycles. The van der Waals surface area contributed by atoms with Gasteiger partial charge in [-0.15, -0.1) is 11.3 Å². The molecular weight excluding hydrogens is 286 g/mol. The Labute approximate surface area is 107 Å². The first-order valence-electron chi connectivity index (χ1n) is 4.97. The Morgan fingerprint density at radius 3 is 2.50 bits per heavy atom. The second-order valence-corrected chi connectivity index (χ2v) is 5.88. The summed E-state index contributed by atoms with van der Waals surface area (Å²) in [4.78, 5) is 1.12. The molecule has 0 saturated heterocycles. The molecule has 0 aliphatic carbocycles. The van der Waals surface area contributed by atoms with Crippen LogP contribution in [0.1, 0.15) is 10.9 Å². The second kappa shape index (κ2) is 5.48. The van der Waals surface area contributed by atoms with Gasteiger partial charge in [0.2, 0.25) is 0 Å². The van der Waals surface area contributed by atoms with Crippen molar-refractivity contribution in [1.29, 1.82) is 0 Å². The number of rotatable bonds is 4. The van der Waals surface area contributed by atoms with E-state index in [-0.39, 0.29) is 12.6 Å². The maximum atomic E-state index is 9.38. The molecule has 1 aromatic heterocycles. The van der Waals surface area contributed by atoms with Crippen molar-refractivity contribution in [2.75, 3.05) is 11.9 Å². The number of anilines is 1. The predicted molar refractivity (Wildman–Crippen MR) is 71.9 cm³/mol. The highest BCUT2D eigenvalue weighted by Crippen LogP contribution is 2.29. The third-order valence-corrected chi connectivity index (χ3v) is 3.97. The Bertz CT molecular complexity index is 443. The van der Waals surface area contributed by atoms with Crippen molar-refractivity contribution < 1.29 is 5.11 Å². The van der Waals surface area contributed by atoms with Crippen LogP contribution in [0.3, 0.4) is 0 Å². The molecule has 2 N–H and O–H groups in total. The lowest BCUT2D eigenvalue weighted by atomic mass is 10.2. The molecule has 0 aliphatic rings. The Balaban J connectivity index is 2.12. The van der Waals surface area contributed by atoms with Gasteiger partial charge in [0, 0.05) is 10.6 Å². The van der Waals surface area contributed by atoms with Gasteiger partial charge in [-0.1, -0.05) is 18.2 Å². The second-order valence-electron chi connectivity index (χ2n) is 3.39. The van der Waals surface area contributed by atoms with Crippen molar-refractivity contribution in [3.8, 4) is 0 Å². The predicted octanol–water partition coefficient (Wildman–Crippen LogP) is 3.66. The normalized spacial score (nSPS) is 12.4. The quantitative estimate of drug-likeness (QED) is 0.903. The van der Waals surface area contributed by atoms with E-state index in [1.165, 1.54) is 0 Å². The lowest BCUT2D eigenvalue weighted by Crippen LogP contribution is -2.13. The van der Waals surface area contributed by atoms with E-state index in [1.54, 1.807) is 11.3 Å². The molecule has 16 heavy (non-hydrogen) atoms. The number of hydrogen-bond acceptors (Lipinski definition) is 3. The van der Waals surface area contributed by atoms with Gasteiger partial charge in [-0.05, 0) is 40.2 Å². The summed E-state index contributed by atoms with van der Waals surface area (Å²) >= 11 is 5.06. The van der Waals surface area contributed by atoms with Gasteiger partial charge in [0.15, 0.2) is 0 Å². The van der Waals surface area contributed by atoms with Crippen LogP contribution in [-0.2, 0) is 0 Å². The van der Waals surface area contributed by atoms with Crippen LogP contribution >= 0.6 is 27.3 Å². The van der Waals surface area contributed by atoms with Crippen LogP contribution in [0.25, 0.3) is 0 Å². The molecular formula is C12H12BrNOS. The van der Waals surface area contributed by atoms with Gasteiger partial charge >= 0.3 is 0 Å². The highest BCUT2D eigenvalue weighted by Gasteiger charge is 2.11. The van der Waals surface area contributed by atoms with E-state index in [9.17, 15) is 5.11 Å². The third kappa shape index (κ3) is 2.84. The van der Waals surface area contributed by atoms with Crippen LogP contribution in [0.5, 0.6) is 0 Å². The van der Waals surface area contributed by atoms with E-state index < -0.39 is 0 Å². The number of nitrogens with one attached hydrogen (secondary N) is 1. The number of hydrogen-bond donors (Lipinski definition) is 2. The van der Waals surface area contributed by atoms with Crippen molar-refractivity contribution in [2.45, 2.75) is 6.04 Å². The lowest BCUT2D eigenvalue weighted by molar-refractivity contribution is 0.278. The van der Waals surface area contributed by atoms with Crippen LogP contribution in [-0.4, -0.2) is 11.7 Å². The number of halogens is 1. The minimum atomic E-state index is -0.0429. The van der Waals surface area contributed by atoms with Crippen LogP contribution in [0, 0.1) is 0 Å². The van der Waals surface area contributed by atoms with E-state index in [0.29, 0.717) is 0 Å². The monoisotopic (exact) mass is 297 g/mol. The van der Waals surface area contributed by atoms with Gasteiger partial charge < -0.3 is 10.4 Å². The molecule has 1 aromatic carbocycles. The van der Waals surface area contributed by atoms with Crippen LogP contribution in [0.15, 0.2) is 46.3 Å². The van der Waals surface area contributed by atoms with Gasteiger partial charge in [-0.25, -0.2) is 0 Å². The summed E-state index contributed by atoms with van der Waals surface area (Å²) in [7, 11) is 0. The van der Waals surface area contributed by atoms with E-state index in [1.807, 2.05) is 42.5 Å². The van der Waals surface area contributed by atoms with Crippen LogP contribution in [0.4, 0.5) is 5.69 Å². The number of benzene rings is 1. The van der Waals surface area contributed by atoms with Crippen LogP contribution in [0.2, 0.25) is 0 Å². The highest BCUT2D eigenvalue weighted by atomic mass is 79.9. The molecule has 2 nitrogen and oxygen atoms in total. The Morgan fingerprint density at radius 2 is 1.94 bits per heavy atom. The molecule has 0 amide bonds. The van der Waals surface area contributed by atoms with Crippen LogP contribution < -0.4 is 5.32 Å². The first-order chi connectivity index (χ1) is 7.79. The molecule has 1 unspecified atom stereocenters. The summed E-state index contributed by atoms with van der Waals surface area (Å²) in [6.07, 6.45) is 0. The maximum absolute atomic E-state index is 9.38. The largest absolute Gasteiger partial charge is 0.394 e. The maximum Gasteiger partial charge on any atom is 0.0838 e. The number of thiophene rings is 1. The summed E-state index contributed by atoms with van der Waals surface area (Å²) in [6, 6.07) is 13.9. The summed E-state index contributed by atoms with van der Waals surface area (Å²) in [5.41, 5.74) is 1.02. The molecule has 0 fully saturated rings. The summed E-state index contributed by atoms with van der Waals surface area (Å²) in [5.74, 6) is 0. The lowest BCUT2D eigenvalue weighted by Gasteiger charge is -2.15. The Kier molecular flexibility index (Phi) is 3.98. The molecule has 0 radical (unpaired) electrons. The third-order valence-electron chi connectivity index (χ3n) is 2.23. The number of para-hydroxylation sites is 1. The molecule has 2 aromatic rings. The fourth-order valence-corrected chi connectivity index (χ4v) is 2.92. The molecule has 4 heteroatoms. The average Bonchev–Trinajstić information content (AvgIpc) is 2.74. The Morgan fingerprint density at radius 1 is 1.19 bits per heavy atom. The van der Waals surface area contributed by atoms with E-state index in [2.05, 4.69) is 21.2 Å². The van der Waals surface area contributed by atoms with Crippen molar-refractivity contribution in [3.05, 3.63) is 51.1 Å². The molecule has 0 bridgehead atoms. The summed E-state index contributed by atoms with van der Waals surface area (Å²) in [6.45, 7) is 0.0852. The van der Waals surface area contributed by atoms with Crippen molar-refractivity contribution in [1.82, 2.24) is 0 Å². The van der Waals surface area contributed by atoms with Gasteiger partial charge in [0.25, 0.3) is 0 Å². The van der Waals surface area contributed by atoms with Crippen molar-refractivity contribution in [3.63, 3.8) is 0 Å². The van der Waals surface area contributed by atoms with Crippen molar-refractivity contribution >= 4 is 33.0 Å².